The predicted octanol–water partition coefficient (Wildman–Crippen LogP) is 1.90. The summed E-state index contributed by atoms with van der Waals surface area (Å²) in [5.41, 5.74) is 1.80. The molecular formula is C22H26O10S2. The first kappa shape index (κ1) is 25.2. The van der Waals surface area contributed by atoms with Gasteiger partial charge in [0.15, 0.2) is 0 Å². The molecule has 0 saturated carbocycles. The number of benzene rings is 2. The van der Waals surface area contributed by atoms with E-state index >= 15 is 0 Å². The highest BCUT2D eigenvalue weighted by Crippen LogP contribution is 2.27. The molecule has 0 N–H and O–H groups in total. The third-order valence-corrected chi connectivity index (χ3v) is 7.89. The maximum absolute atomic E-state index is 12.6. The molecule has 0 spiro atoms. The van der Waals surface area contributed by atoms with Crippen LogP contribution < -0.4 is 0 Å². The fourth-order valence-corrected chi connectivity index (χ4v) is 5.20. The SMILES string of the molecule is Cc1ccc(S(=O)(=O)OCC2OC3OCCOC3OC2COS(=O)(=O)c2ccc(C)cc2)cc1. The summed E-state index contributed by atoms with van der Waals surface area (Å²) in [6.07, 6.45) is -3.82. The molecule has 0 aromatic heterocycles. The molecule has 12 heteroatoms. The van der Waals surface area contributed by atoms with E-state index in [9.17, 15) is 16.8 Å². The quantitative estimate of drug-likeness (QED) is 0.483. The number of ether oxygens (including phenoxy) is 4. The first-order valence-electron chi connectivity index (χ1n) is 10.6. The highest BCUT2D eigenvalue weighted by Gasteiger charge is 2.43. The summed E-state index contributed by atoms with van der Waals surface area (Å²) in [5.74, 6) is 0. The van der Waals surface area contributed by atoms with Gasteiger partial charge in [-0.05, 0) is 38.1 Å². The van der Waals surface area contributed by atoms with Crippen LogP contribution in [0, 0.1) is 13.8 Å². The van der Waals surface area contributed by atoms with Crippen molar-refractivity contribution in [1.82, 2.24) is 0 Å². The zero-order valence-corrected chi connectivity index (χ0v) is 20.3. The number of hydrogen-bond donors (Lipinski definition) is 0. The van der Waals surface area contributed by atoms with Crippen molar-refractivity contribution >= 4 is 20.2 Å². The van der Waals surface area contributed by atoms with E-state index in [2.05, 4.69) is 0 Å². The average molecular weight is 515 g/mol. The molecule has 4 rings (SSSR count). The van der Waals surface area contributed by atoms with Crippen LogP contribution in [-0.2, 0) is 47.5 Å². The lowest BCUT2D eigenvalue weighted by atomic mass is 10.2. The Balaban J connectivity index is 1.46. The Morgan fingerprint density at radius 1 is 0.676 bits per heavy atom. The maximum Gasteiger partial charge on any atom is 0.297 e. The van der Waals surface area contributed by atoms with Crippen LogP contribution in [0.2, 0.25) is 0 Å². The minimum Gasteiger partial charge on any atom is -0.346 e. The molecule has 2 heterocycles. The molecule has 4 unspecified atom stereocenters. The molecular weight excluding hydrogens is 488 g/mol. The molecule has 4 atom stereocenters. The maximum atomic E-state index is 12.6. The zero-order valence-electron chi connectivity index (χ0n) is 18.7. The molecule has 2 saturated heterocycles. The number of rotatable bonds is 8. The summed E-state index contributed by atoms with van der Waals surface area (Å²) in [7, 11) is -8.17. The van der Waals surface area contributed by atoms with Crippen LogP contribution in [0.15, 0.2) is 58.3 Å². The van der Waals surface area contributed by atoms with Gasteiger partial charge in [0.2, 0.25) is 12.6 Å². The van der Waals surface area contributed by atoms with Gasteiger partial charge in [-0.1, -0.05) is 35.4 Å². The van der Waals surface area contributed by atoms with Crippen molar-refractivity contribution in [3.8, 4) is 0 Å². The minimum absolute atomic E-state index is 0.0142. The first-order chi connectivity index (χ1) is 16.1. The van der Waals surface area contributed by atoms with Crippen molar-refractivity contribution in [3.63, 3.8) is 0 Å². The normalized spacial score (nSPS) is 25.6. The Hall–Kier alpha value is -1.90. The van der Waals surface area contributed by atoms with E-state index in [0.29, 0.717) is 0 Å². The molecule has 2 aliphatic heterocycles. The lowest BCUT2D eigenvalue weighted by Gasteiger charge is -2.42. The van der Waals surface area contributed by atoms with E-state index in [0.717, 1.165) is 11.1 Å². The highest BCUT2D eigenvalue weighted by atomic mass is 32.2. The third kappa shape index (κ3) is 6.01. The van der Waals surface area contributed by atoms with Gasteiger partial charge in [0.05, 0.1) is 36.2 Å². The van der Waals surface area contributed by atoms with Gasteiger partial charge in [0.25, 0.3) is 20.2 Å². The van der Waals surface area contributed by atoms with Gasteiger partial charge < -0.3 is 18.9 Å². The Morgan fingerprint density at radius 3 is 1.38 bits per heavy atom. The van der Waals surface area contributed by atoms with Gasteiger partial charge in [0.1, 0.15) is 12.2 Å². The Kier molecular flexibility index (Phi) is 7.69. The summed E-state index contributed by atoms with van der Waals surface area (Å²) in [4.78, 5) is -0.0283. The monoisotopic (exact) mass is 514 g/mol. The van der Waals surface area contributed by atoms with E-state index < -0.39 is 58.2 Å². The molecule has 186 valence electrons. The van der Waals surface area contributed by atoms with Crippen LogP contribution in [0.25, 0.3) is 0 Å². The second-order valence-electron chi connectivity index (χ2n) is 7.93. The second-order valence-corrected chi connectivity index (χ2v) is 11.2. The lowest BCUT2D eigenvalue weighted by molar-refractivity contribution is -0.388. The predicted molar refractivity (Wildman–Crippen MR) is 118 cm³/mol. The van der Waals surface area contributed by atoms with Crippen LogP contribution in [0.1, 0.15) is 11.1 Å². The number of aryl methyl sites for hydroxylation is 2. The van der Waals surface area contributed by atoms with Crippen LogP contribution >= 0.6 is 0 Å². The summed E-state index contributed by atoms with van der Waals surface area (Å²) in [6.45, 7) is 3.32. The van der Waals surface area contributed by atoms with Crippen molar-refractivity contribution in [2.24, 2.45) is 0 Å². The van der Waals surface area contributed by atoms with Crippen LogP contribution in [0.3, 0.4) is 0 Å². The van der Waals surface area contributed by atoms with Gasteiger partial charge in [0, 0.05) is 0 Å². The molecule has 0 bridgehead atoms. The van der Waals surface area contributed by atoms with Gasteiger partial charge >= 0.3 is 0 Å². The van der Waals surface area contributed by atoms with Crippen molar-refractivity contribution < 1.29 is 44.1 Å². The van der Waals surface area contributed by atoms with Crippen LogP contribution in [-0.4, -0.2) is 68.1 Å². The van der Waals surface area contributed by atoms with E-state index in [1.807, 2.05) is 13.8 Å². The molecule has 34 heavy (non-hydrogen) atoms. The van der Waals surface area contributed by atoms with Gasteiger partial charge in [-0.25, -0.2) is 0 Å². The second kappa shape index (κ2) is 10.4. The highest BCUT2D eigenvalue weighted by molar-refractivity contribution is 7.87. The summed E-state index contributed by atoms with van der Waals surface area (Å²) in [6, 6.07) is 12.4. The largest absolute Gasteiger partial charge is 0.346 e. The van der Waals surface area contributed by atoms with E-state index in [1.165, 1.54) is 24.3 Å². The zero-order chi connectivity index (χ0) is 24.3. The van der Waals surface area contributed by atoms with Crippen molar-refractivity contribution in [2.75, 3.05) is 26.4 Å². The van der Waals surface area contributed by atoms with E-state index in [-0.39, 0.29) is 23.0 Å². The van der Waals surface area contributed by atoms with Crippen molar-refractivity contribution in [2.45, 2.75) is 48.4 Å². The lowest BCUT2D eigenvalue weighted by Crippen LogP contribution is -2.56. The van der Waals surface area contributed by atoms with E-state index in [4.69, 9.17) is 27.3 Å². The van der Waals surface area contributed by atoms with Gasteiger partial charge in [-0.15, -0.1) is 0 Å². The molecule has 2 aliphatic rings. The molecule has 2 fully saturated rings. The molecule has 0 aliphatic carbocycles. The summed E-state index contributed by atoms with van der Waals surface area (Å²) in [5, 5.41) is 0. The van der Waals surface area contributed by atoms with Gasteiger partial charge in [-0.2, -0.15) is 16.8 Å². The molecule has 0 amide bonds. The number of fused-ring (bicyclic) bond motifs is 1. The summed E-state index contributed by atoms with van der Waals surface area (Å²) < 4.78 is 83.4. The molecule has 10 nitrogen and oxygen atoms in total. The smallest absolute Gasteiger partial charge is 0.297 e. The van der Waals surface area contributed by atoms with E-state index in [1.54, 1.807) is 24.3 Å². The van der Waals surface area contributed by atoms with Crippen LogP contribution in [0.5, 0.6) is 0 Å². The van der Waals surface area contributed by atoms with Crippen LogP contribution in [0.4, 0.5) is 0 Å². The third-order valence-electron chi connectivity index (χ3n) is 5.30. The summed E-state index contributed by atoms with van der Waals surface area (Å²) >= 11 is 0. The topological polar surface area (TPSA) is 124 Å². The van der Waals surface area contributed by atoms with Crippen molar-refractivity contribution in [3.05, 3.63) is 59.7 Å². The first-order valence-corrected chi connectivity index (χ1v) is 13.4. The van der Waals surface area contributed by atoms with Gasteiger partial charge in [-0.3, -0.25) is 8.37 Å². The molecule has 2 aromatic rings. The standard InChI is InChI=1S/C22H26O10S2/c1-15-3-7-17(8-4-15)33(23,24)29-13-19-20(32-22-21(31-19)27-11-12-28-22)14-30-34(25,26)18-9-5-16(2)6-10-18/h3-10,19-22H,11-14H2,1-2H3. The molecule has 2 aromatic carbocycles. The fourth-order valence-electron chi connectivity index (χ4n) is 3.36. The Morgan fingerprint density at radius 2 is 1.03 bits per heavy atom. The molecule has 0 radical (unpaired) electrons. The Bertz CT molecular complexity index is 1080. The fraction of sp³-hybridized carbons (Fsp3) is 0.455. The average Bonchev–Trinajstić information content (AvgIpc) is 2.82. The minimum atomic E-state index is -4.09. The number of hydrogen-bond acceptors (Lipinski definition) is 10. The van der Waals surface area contributed by atoms with Crippen molar-refractivity contribution in [1.29, 1.82) is 0 Å². The Labute approximate surface area is 198 Å².